The minimum Gasteiger partial charge on any atom is -0.227 e. The van der Waals surface area contributed by atoms with Gasteiger partial charge in [0.05, 0.1) is 17.6 Å². The summed E-state index contributed by atoms with van der Waals surface area (Å²) in [5.41, 5.74) is 1.97. The van der Waals surface area contributed by atoms with Gasteiger partial charge in [0.25, 0.3) is 0 Å². The number of para-hydroxylation sites is 1. The molecule has 0 saturated carbocycles. The molecule has 0 aliphatic heterocycles. The summed E-state index contributed by atoms with van der Waals surface area (Å²) in [7, 11) is 0. The van der Waals surface area contributed by atoms with E-state index in [2.05, 4.69) is 5.92 Å². The maximum atomic E-state index is 5.41. The fourth-order valence-corrected chi connectivity index (χ4v) is 2.56. The van der Waals surface area contributed by atoms with E-state index in [0.29, 0.717) is 6.42 Å². The predicted octanol–water partition coefficient (Wildman–Crippen LogP) is 3.88. The fourth-order valence-electron chi connectivity index (χ4n) is 2.12. The Morgan fingerprint density at radius 3 is 2.71 bits per heavy atom. The van der Waals surface area contributed by atoms with Crippen LogP contribution >= 0.6 is 12.0 Å². The first-order chi connectivity index (χ1) is 10.4. The highest BCUT2D eigenvalue weighted by atomic mass is 32.2. The van der Waals surface area contributed by atoms with E-state index in [1.165, 1.54) is 0 Å². The Balaban J connectivity index is 1.77. The quantitative estimate of drug-likeness (QED) is 0.309. The summed E-state index contributed by atoms with van der Waals surface area (Å²) in [6.45, 7) is 0. The highest BCUT2D eigenvalue weighted by molar-refractivity contribution is 7.94. The Morgan fingerprint density at radius 2 is 1.90 bits per heavy atom. The third-order valence-electron chi connectivity index (χ3n) is 3.04. The molecule has 0 bridgehead atoms. The lowest BCUT2D eigenvalue weighted by atomic mass is 10.1. The minimum absolute atomic E-state index is 0.552. The summed E-state index contributed by atoms with van der Waals surface area (Å²) in [6, 6.07) is 17.7. The standard InChI is InChI=1S/C17H13NO2S/c1-2-7-14-8-6-9-15-12-13-18(17(14)15)19-20-21-16-10-4-3-5-11-16/h1,3-6,8-13H,7H2. The first-order valence-electron chi connectivity index (χ1n) is 6.47. The van der Waals surface area contributed by atoms with Crippen molar-refractivity contribution < 1.29 is 9.32 Å². The smallest absolute Gasteiger partial charge is 0.0947 e. The van der Waals surface area contributed by atoms with Crippen molar-refractivity contribution in [2.45, 2.75) is 11.3 Å². The molecule has 1 heterocycles. The van der Waals surface area contributed by atoms with Crippen LogP contribution in [0.2, 0.25) is 0 Å². The molecule has 0 radical (unpaired) electrons. The molecule has 0 N–H and O–H groups in total. The second-order valence-electron chi connectivity index (χ2n) is 4.42. The lowest BCUT2D eigenvalue weighted by Crippen LogP contribution is -2.08. The summed E-state index contributed by atoms with van der Waals surface area (Å²) in [6.07, 6.45) is 7.78. The molecule has 104 valence electrons. The van der Waals surface area contributed by atoms with E-state index in [0.717, 1.165) is 33.4 Å². The van der Waals surface area contributed by atoms with Crippen LogP contribution in [0, 0.1) is 12.3 Å². The van der Waals surface area contributed by atoms with E-state index in [1.807, 2.05) is 60.8 Å². The van der Waals surface area contributed by atoms with E-state index in [1.54, 1.807) is 4.73 Å². The van der Waals surface area contributed by atoms with Crippen LogP contribution in [0.15, 0.2) is 65.7 Å². The van der Waals surface area contributed by atoms with E-state index in [9.17, 15) is 0 Å². The van der Waals surface area contributed by atoms with Crippen molar-refractivity contribution in [2.24, 2.45) is 0 Å². The van der Waals surface area contributed by atoms with Gasteiger partial charge in [-0.3, -0.25) is 0 Å². The Labute approximate surface area is 127 Å². The molecule has 3 aromatic rings. The van der Waals surface area contributed by atoms with Crippen LogP contribution in [0.25, 0.3) is 10.9 Å². The predicted molar refractivity (Wildman–Crippen MR) is 84.4 cm³/mol. The number of terminal acetylenes is 1. The van der Waals surface area contributed by atoms with Gasteiger partial charge in [-0.2, -0.15) is 4.73 Å². The number of rotatable bonds is 5. The van der Waals surface area contributed by atoms with Gasteiger partial charge in [0.2, 0.25) is 0 Å². The molecule has 0 saturated heterocycles. The maximum absolute atomic E-state index is 5.41. The van der Waals surface area contributed by atoms with Gasteiger partial charge >= 0.3 is 0 Å². The number of hydrogen-bond acceptors (Lipinski definition) is 3. The summed E-state index contributed by atoms with van der Waals surface area (Å²) in [4.78, 5) is 6.33. The van der Waals surface area contributed by atoms with Crippen molar-refractivity contribution in [3.63, 3.8) is 0 Å². The van der Waals surface area contributed by atoms with Crippen LogP contribution in [-0.2, 0) is 10.8 Å². The van der Waals surface area contributed by atoms with Gasteiger partial charge in [-0.25, -0.2) is 4.99 Å². The van der Waals surface area contributed by atoms with Crippen LogP contribution in [0.3, 0.4) is 0 Å². The van der Waals surface area contributed by atoms with Crippen molar-refractivity contribution in [1.29, 1.82) is 0 Å². The maximum Gasteiger partial charge on any atom is 0.0947 e. The van der Waals surface area contributed by atoms with Crippen LogP contribution in [-0.4, -0.2) is 4.73 Å². The van der Waals surface area contributed by atoms with Gasteiger partial charge in [-0.05, 0) is 23.8 Å². The molecule has 0 aliphatic carbocycles. The molecule has 0 fully saturated rings. The molecule has 4 heteroatoms. The molecular weight excluding hydrogens is 282 g/mol. The average molecular weight is 295 g/mol. The zero-order chi connectivity index (χ0) is 14.5. The molecule has 3 nitrogen and oxygen atoms in total. The highest BCUT2D eigenvalue weighted by Gasteiger charge is 2.07. The third kappa shape index (κ3) is 3.05. The molecular formula is C17H13NO2S. The molecule has 1 aromatic heterocycles. The second-order valence-corrected chi connectivity index (χ2v) is 5.19. The van der Waals surface area contributed by atoms with E-state index < -0.39 is 0 Å². The topological polar surface area (TPSA) is 23.4 Å². The van der Waals surface area contributed by atoms with Crippen molar-refractivity contribution in [2.75, 3.05) is 0 Å². The number of nitrogens with zero attached hydrogens (tertiary/aromatic N) is 1. The van der Waals surface area contributed by atoms with E-state index >= 15 is 0 Å². The van der Waals surface area contributed by atoms with E-state index in [4.69, 9.17) is 15.7 Å². The van der Waals surface area contributed by atoms with Crippen molar-refractivity contribution in [1.82, 2.24) is 4.73 Å². The van der Waals surface area contributed by atoms with Crippen molar-refractivity contribution >= 4 is 22.9 Å². The number of fused-ring (bicyclic) bond motifs is 1. The van der Waals surface area contributed by atoms with E-state index in [-0.39, 0.29) is 0 Å². The van der Waals surface area contributed by atoms with Gasteiger partial charge in [0.15, 0.2) is 0 Å². The summed E-state index contributed by atoms with van der Waals surface area (Å²) < 4.78 is 6.83. The number of aromatic nitrogens is 1. The molecule has 0 amide bonds. The molecule has 0 aliphatic rings. The minimum atomic E-state index is 0.552. The Hall–Kier alpha value is -2.35. The van der Waals surface area contributed by atoms with Gasteiger partial charge in [-0.1, -0.05) is 40.7 Å². The number of benzene rings is 2. The zero-order valence-corrected chi connectivity index (χ0v) is 12.0. The van der Waals surface area contributed by atoms with Gasteiger partial charge < -0.3 is 0 Å². The van der Waals surface area contributed by atoms with Gasteiger partial charge in [0.1, 0.15) is 0 Å². The largest absolute Gasteiger partial charge is 0.227 e. The van der Waals surface area contributed by atoms with Crippen LogP contribution in [0.4, 0.5) is 0 Å². The van der Waals surface area contributed by atoms with Crippen molar-refractivity contribution in [3.05, 3.63) is 66.4 Å². The Kier molecular flexibility index (Phi) is 4.15. The molecule has 0 atom stereocenters. The Morgan fingerprint density at radius 1 is 1.05 bits per heavy atom. The SMILES string of the molecule is C#CCc1cccc2ccn(OOSc3ccccc3)c12. The molecule has 21 heavy (non-hydrogen) atoms. The zero-order valence-electron chi connectivity index (χ0n) is 11.2. The molecule has 0 unspecified atom stereocenters. The Bertz CT molecular complexity index is 774. The fraction of sp³-hybridized carbons (Fsp3) is 0.0588. The molecule has 3 rings (SSSR count). The first kappa shape index (κ1) is 13.6. The summed E-state index contributed by atoms with van der Waals surface area (Å²) in [5.74, 6) is 2.66. The van der Waals surface area contributed by atoms with Crippen LogP contribution < -0.4 is 4.99 Å². The summed E-state index contributed by atoms with van der Waals surface area (Å²) in [5, 5.41) is 1.07. The second kappa shape index (κ2) is 6.40. The third-order valence-corrected chi connectivity index (χ3v) is 3.63. The normalized spacial score (nSPS) is 10.4. The highest BCUT2D eigenvalue weighted by Crippen LogP contribution is 2.22. The molecule has 2 aromatic carbocycles. The summed E-state index contributed by atoms with van der Waals surface area (Å²) >= 11 is 1.16. The van der Waals surface area contributed by atoms with Gasteiger partial charge in [0, 0.05) is 22.9 Å². The molecule has 0 spiro atoms. The van der Waals surface area contributed by atoms with Gasteiger partial charge in [-0.15, -0.1) is 12.3 Å². The average Bonchev–Trinajstić information content (AvgIpc) is 2.93. The van der Waals surface area contributed by atoms with Crippen molar-refractivity contribution in [3.8, 4) is 12.3 Å². The lowest BCUT2D eigenvalue weighted by Gasteiger charge is -2.07. The monoisotopic (exact) mass is 295 g/mol. The van der Waals surface area contributed by atoms with Crippen LogP contribution in [0.1, 0.15) is 5.56 Å². The van der Waals surface area contributed by atoms with Crippen LogP contribution in [0.5, 0.6) is 0 Å². The first-order valence-corrected chi connectivity index (χ1v) is 7.22. The lowest BCUT2D eigenvalue weighted by molar-refractivity contribution is -0.188. The number of hydrogen-bond donors (Lipinski definition) is 0.